The van der Waals surface area contributed by atoms with E-state index in [1.54, 1.807) is 6.07 Å². The fourth-order valence-corrected chi connectivity index (χ4v) is 2.95. The Morgan fingerprint density at radius 1 is 1.55 bits per heavy atom. The number of nitro groups is 1. The molecule has 1 aromatic rings. The molecule has 2 rings (SSSR count). The van der Waals surface area contributed by atoms with E-state index in [4.69, 9.17) is 4.74 Å². The van der Waals surface area contributed by atoms with Crippen LogP contribution in [0, 0.1) is 10.1 Å². The molecule has 1 atom stereocenters. The Balaban J connectivity index is 2.18. The van der Waals surface area contributed by atoms with Crippen LogP contribution in [0.4, 0.5) is 11.4 Å². The summed E-state index contributed by atoms with van der Waals surface area (Å²) in [5.41, 5.74) is 1.89. The first-order chi connectivity index (χ1) is 9.65. The second-order valence-electron chi connectivity index (χ2n) is 4.88. The molecule has 5 nitrogen and oxygen atoms in total. The second-order valence-corrected chi connectivity index (χ2v) is 5.44. The first kappa shape index (κ1) is 15.3. The highest BCUT2D eigenvalue weighted by Crippen LogP contribution is 2.27. The average molecular weight is 343 g/mol. The van der Waals surface area contributed by atoms with Gasteiger partial charge in [0, 0.05) is 42.3 Å². The highest BCUT2D eigenvalue weighted by Gasteiger charge is 2.20. The first-order valence-corrected chi connectivity index (χ1v) is 7.97. The van der Waals surface area contributed by atoms with Crippen LogP contribution in [-0.4, -0.2) is 30.7 Å². The maximum Gasteiger partial charge on any atom is 0.273 e. The lowest BCUT2D eigenvalue weighted by atomic mass is 10.1. The lowest BCUT2D eigenvalue weighted by Crippen LogP contribution is -2.32. The van der Waals surface area contributed by atoms with Gasteiger partial charge in [-0.3, -0.25) is 10.1 Å². The monoisotopic (exact) mass is 342 g/mol. The number of hydrogen-bond acceptors (Lipinski definition) is 4. The maximum atomic E-state index is 11.0. The lowest BCUT2D eigenvalue weighted by Gasteiger charge is -2.26. The molecule has 0 aliphatic carbocycles. The minimum absolute atomic E-state index is 0.166. The molecule has 1 aliphatic rings. The van der Waals surface area contributed by atoms with E-state index in [1.807, 2.05) is 12.1 Å². The van der Waals surface area contributed by atoms with Gasteiger partial charge in [-0.15, -0.1) is 0 Å². The molecular formula is C14H19BrN2O3. The summed E-state index contributed by atoms with van der Waals surface area (Å²) in [6.07, 6.45) is 2.49. The number of benzene rings is 1. The zero-order chi connectivity index (χ0) is 14.5. The molecule has 0 bridgehead atoms. The van der Waals surface area contributed by atoms with Crippen LogP contribution >= 0.6 is 15.9 Å². The van der Waals surface area contributed by atoms with Gasteiger partial charge < -0.3 is 9.64 Å². The van der Waals surface area contributed by atoms with E-state index in [9.17, 15) is 10.1 Å². The highest BCUT2D eigenvalue weighted by molar-refractivity contribution is 9.08. The van der Waals surface area contributed by atoms with E-state index in [-0.39, 0.29) is 16.7 Å². The van der Waals surface area contributed by atoms with Gasteiger partial charge in [0.25, 0.3) is 5.69 Å². The number of likely N-dealkylation sites (N-methyl/N-ethyl adjacent to an activating group) is 1. The van der Waals surface area contributed by atoms with Crippen LogP contribution in [0.15, 0.2) is 18.2 Å². The molecule has 1 fully saturated rings. The molecule has 0 amide bonds. The third kappa shape index (κ3) is 3.49. The van der Waals surface area contributed by atoms with Crippen molar-refractivity contribution in [3.8, 4) is 0 Å². The summed E-state index contributed by atoms with van der Waals surface area (Å²) in [5.74, 6) is 0. The van der Waals surface area contributed by atoms with Crippen LogP contribution < -0.4 is 4.90 Å². The summed E-state index contributed by atoms with van der Waals surface area (Å²) < 4.78 is 5.67. The van der Waals surface area contributed by atoms with Crippen LogP contribution in [0.5, 0.6) is 0 Å². The molecule has 0 radical (unpaired) electrons. The Hall–Kier alpha value is -1.14. The zero-order valence-electron chi connectivity index (χ0n) is 11.5. The molecule has 0 N–H and O–H groups in total. The summed E-state index contributed by atoms with van der Waals surface area (Å²) in [4.78, 5) is 12.8. The molecule has 1 heterocycles. The number of rotatable bonds is 6. The Morgan fingerprint density at radius 2 is 2.35 bits per heavy atom. The van der Waals surface area contributed by atoms with Crippen LogP contribution in [-0.2, 0) is 10.1 Å². The number of halogens is 1. The predicted octanol–water partition coefficient (Wildman–Crippen LogP) is 3.50. The Morgan fingerprint density at radius 3 is 2.90 bits per heavy atom. The van der Waals surface area contributed by atoms with Crippen LogP contribution in [0.3, 0.4) is 0 Å². The Bertz CT molecular complexity index is 475. The van der Waals surface area contributed by atoms with Gasteiger partial charge in [-0.1, -0.05) is 15.9 Å². The van der Waals surface area contributed by atoms with Gasteiger partial charge in [0.1, 0.15) is 0 Å². The number of hydrogen-bond donors (Lipinski definition) is 0. The minimum Gasteiger partial charge on any atom is -0.376 e. The summed E-state index contributed by atoms with van der Waals surface area (Å²) in [6, 6.07) is 5.30. The van der Waals surface area contributed by atoms with Gasteiger partial charge in [0.05, 0.1) is 11.0 Å². The number of anilines is 1. The van der Waals surface area contributed by atoms with E-state index in [0.29, 0.717) is 10.9 Å². The van der Waals surface area contributed by atoms with Gasteiger partial charge in [-0.25, -0.2) is 0 Å². The van der Waals surface area contributed by atoms with Crippen molar-refractivity contribution in [3.05, 3.63) is 33.9 Å². The molecule has 1 saturated heterocycles. The van der Waals surface area contributed by atoms with E-state index >= 15 is 0 Å². The fraction of sp³-hybridized carbons (Fsp3) is 0.571. The quantitative estimate of drug-likeness (QED) is 0.451. The smallest absolute Gasteiger partial charge is 0.273 e. The Kier molecular flexibility index (Phi) is 5.37. The fourth-order valence-electron chi connectivity index (χ4n) is 2.50. The van der Waals surface area contributed by atoms with Crippen LogP contribution in [0.1, 0.15) is 25.3 Å². The van der Waals surface area contributed by atoms with Crippen molar-refractivity contribution in [2.24, 2.45) is 0 Å². The van der Waals surface area contributed by atoms with Crippen molar-refractivity contribution >= 4 is 27.3 Å². The van der Waals surface area contributed by atoms with Crippen molar-refractivity contribution in [2.45, 2.75) is 31.2 Å². The summed E-state index contributed by atoms with van der Waals surface area (Å²) in [5, 5.41) is 11.4. The summed E-state index contributed by atoms with van der Waals surface area (Å²) >= 11 is 3.32. The van der Waals surface area contributed by atoms with Crippen LogP contribution in [0.25, 0.3) is 0 Å². The minimum atomic E-state index is -0.337. The molecular weight excluding hydrogens is 324 g/mol. The third-order valence-electron chi connectivity index (χ3n) is 3.60. The number of ether oxygens (including phenoxy) is 1. The van der Waals surface area contributed by atoms with Crippen molar-refractivity contribution in [2.75, 3.05) is 24.6 Å². The molecule has 0 aromatic heterocycles. The van der Waals surface area contributed by atoms with E-state index in [1.165, 1.54) is 0 Å². The molecule has 1 aromatic carbocycles. The molecule has 110 valence electrons. The third-order valence-corrected chi connectivity index (χ3v) is 4.20. The van der Waals surface area contributed by atoms with Crippen molar-refractivity contribution < 1.29 is 9.66 Å². The van der Waals surface area contributed by atoms with Crippen molar-refractivity contribution in [1.29, 1.82) is 0 Å². The van der Waals surface area contributed by atoms with Crippen molar-refractivity contribution in [3.63, 3.8) is 0 Å². The number of nitro benzene ring substituents is 1. The van der Waals surface area contributed by atoms with Gasteiger partial charge in [-0.2, -0.15) is 0 Å². The van der Waals surface area contributed by atoms with E-state index < -0.39 is 0 Å². The zero-order valence-corrected chi connectivity index (χ0v) is 13.1. The largest absolute Gasteiger partial charge is 0.376 e. The molecule has 1 unspecified atom stereocenters. The second kappa shape index (κ2) is 7.04. The summed E-state index contributed by atoms with van der Waals surface area (Å²) in [6.45, 7) is 4.63. The highest BCUT2D eigenvalue weighted by atomic mass is 79.9. The standard InChI is InChI=1S/C14H19BrN2O3/c1-2-16(10-13-4-3-7-20-13)12-5-6-14(17(18)19)11(8-12)9-15/h5-6,8,13H,2-4,7,9-10H2,1H3. The first-order valence-electron chi connectivity index (χ1n) is 6.85. The van der Waals surface area contributed by atoms with Gasteiger partial charge in [0.15, 0.2) is 0 Å². The average Bonchev–Trinajstić information content (AvgIpc) is 2.96. The topological polar surface area (TPSA) is 55.6 Å². The van der Waals surface area contributed by atoms with Gasteiger partial charge in [-0.05, 0) is 31.9 Å². The normalized spacial score (nSPS) is 18.2. The Labute approximate surface area is 127 Å². The molecule has 1 aliphatic heterocycles. The molecule has 0 spiro atoms. The lowest BCUT2D eigenvalue weighted by molar-refractivity contribution is -0.385. The van der Waals surface area contributed by atoms with Crippen LogP contribution in [0.2, 0.25) is 0 Å². The number of nitrogens with zero attached hydrogens (tertiary/aromatic N) is 2. The number of alkyl halides is 1. The van der Waals surface area contributed by atoms with E-state index in [0.717, 1.165) is 38.2 Å². The van der Waals surface area contributed by atoms with Gasteiger partial charge >= 0.3 is 0 Å². The van der Waals surface area contributed by atoms with Crippen molar-refractivity contribution in [1.82, 2.24) is 0 Å². The predicted molar refractivity (Wildman–Crippen MR) is 82.6 cm³/mol. The molecule has 20 heavy (non-hydrogen) atoms. The molecule has 0 saturated carbocycles. The summed E-state index contributed by atoms with van der Waals surface area (Å²) in [7, 11) is 0. The molecule has 6 heteroatoms. The SMILES string of the molecule is CCN(CC1CCCO1)c1ccc([N+](=O)[O-])c(CBr)c1. The maximum absolute atomic E-state index is 11.0. The van der Waals surface area contributed by atoms with Gasteiger partial charge in [0.2, 0.25) is 0 Å². The van der Waals surface area contributed by atoms with E-state index in [2.05, 4.69) is 27.8 Å².